The zero-order valence-corrected chi connectivity index (χ0v) is 20.2. The predicted octanol–water partition coefficient (Wildman–Crippen LogP) is 2.11. The van der Waals surface area contributed by atoms with Gasteiger partial charge in [-0.15, -0.1) is 0 Å². The number of hydrogen-bond acceptors (Lipinski definition) is 9. The first kappa shape index (κ1) is 22.0. The van der Waals surface area contributed by atoms with Crippen molar-refractivity contribution in [3.8, 4) is 0 Å². The van der Waals surface area contributed by atoms with E-state index < -0.39 is 63.8 Å². The van der Waals surface area contributed by atoms with Crippen LogP contribution in [0.4, 0.5) is 0 Å². The molecule has 1 N–H and O–H groups in total. The molecular weight excluding hydrogens is 456 g/mol. The Bertz CT molecular complexity index is 1160. The fourth-order valence-electron chi connectivity index (χ4n) is 9.52. The van der Waals surface area contributed by atoms with Crippen molar-refractivity contribution in [1.29, 1.82) is 0 Å². The fraction of sp³-hybridized carbons (Fsp3) is 0.731. The lowest BCUT2D eigenvalue weighted by molar-refractivity contribution is -0.252. The van der Waals surface area contributed by atoms with Crippen LogP contribution >= 0.6 is 0 Å². The smallest absolute Gasteiger partial charge is 0.339 e. The van der Waals surface area contributed by atoms with Crippen LogP contribution in [-0.2, 0) is 33.3 Å². The minimum Gasteiger partial charge on any atom is -0.472 e. The molecule has 7 rings (SSSR count). The van der Waals surface area contributed by atoms with E-state index in [2.05, 4.69) is 0 Å². The quantitative estimate of drug-likeness (QED) is 0.469. The SMILES string of the molecule is CC1(C)OC2CC(=O)OCC23C1C(=O)[C@H](O)[C@]1(C)C3CCC2(C)C(c3ccoc3)OC(=O)[C@@H]3O[C@]321. The monoisotopic (exact) mass is 486 g/mol. The Morgan fingerprint density at radius 1 is 1.06 bits per heavy atom. The number of ether oxygens (including phenoxy) is 4. The number of carbonyl (C=O) groups excluding carboxylic acids is 3. The first-order valence-electron chi connectivity index (χ1n) is 12.4. The third-order valence-electron chi connectivity index (χ3n) is 10.7. The van der Waals surface area contributed by atoms with Crippen molar-refractivity contribution in [1.82, 2.24) is 0 Å². The lowest BCUT2D eigenvalue weighted by Crippen LogP contribution is -2.76. The van der Waals surface area contributed by atoms with Gasteiger partial charge in [-0.05, 0) is 38.7 Å². The lowest BCUT2D eigenvalue weighted by Gasteiger charge is -2.66. The average Bonchev–Trinajstić information content (AvgIpc) is 3.26. The van der Waals surface area contributed by atoms with E-state index in [9.17, 15) is 19.5 Å². The van der Waals surface area contributed by atoms with Crippen molar-refractivity contribution in [2.75, 3.05) is 6.61 Å². The van der Waals surface area contributed by atoms with Gasteiger partial charge in [0.15, 0.2) is 11.9 Å². The van der Waals surface area contributed by atoms with Crippen LogP contribution in [-0.4, -0.2) is 58.9 Å². The van der Waals surface area contributed by atoms with Gasteiger partial charge in [0.2, 0.25) is 0 Å². The normalized spacial score (nSPS) is 53.3. The third kappa shape index (κ3) is 2.14. The Hall–Kier alpha value is -2.23. The van der Waals surface area contributed by atoms with Crippen LogP contribution in [0.15, 0.2) is 23.0 Å². The first-order valence-corrected chi connectivity index (χ1v) is 12.4. The number of epoxide rings is 1. The van der Waals surface area contributed by atoms with Crippen LogP contribution in [0.1, 0.15) is 58.6 Å². The number of rotatable bonds is 1. The number of esters is 2. The van der Waals surface area contributed by atoms with Gasteiger partial charge in [0, 0.05) is 21.8 Å². The molecule has 0 amide bonds. The zero-order valence-electron chi connectivity index (χ0n) is 20.2. The van der Waals surface area contributed by atoms with Crippen molar-refractivity contribution in [2.45, 2.75) is 82.6 Å². The molecule has 2 saturated carbocycles. The van der Waals surface area contributed by atoms with Gasteiger partial charge in [-0.3, -0.25) is 9.59 Å². The zero-order chi connectivity index (χ0) is 24.8. The van der Waals surface area contributed by atoms with Gasteiger partial charge in [-0.1, -0.05) is 13.8 Å². The highest BCUT2D eigenvalue weighted by atomic mass is 16.7. The van der Waals surface area contributed by atoms with Crippen LogP contribution in [0.3, 0.4) is 0 Å². The highest BCUT2D eigenvalue weighted by molar-refractivity contribution is 5.92. The number of furan rings is 1. The predicted molar refractivity (Wildman–Crippen MR) is 116 cm³/mol. The highest BCUT2D eigenvalue weighted by Crippen LogP contribution is 2.80. The number of cyclic esters (lactones) is 2. The lowest BCUT2D eigenvalue weighted by atomic mass is 9.36. The largest absolute Gasteiger partial charge is 0.472 e. The Morgan fingerprint density at radius 3 is 2.54 bits per heavy atom. The van der Waals surface area contributed by atoms with Crippen LogP contribution < -0.4 is 0 Å². The van der Waals surface area contributed by atoms with Gasteiger partial charge in [-0.25, -0.2) is 4.79 Å². The molecule has 0 radical (unpaired) electrons. The molecule has 4 aliphatic heterocycles. The van der Waals surface area contributed by atoms with Crippen LogP contribution in [0, 0.1) is 28.1 Å². The third-order valence-corrected chi connectivity index (χ3v) is 10.7. The summed E-state index contributed by atoms with van der Waals surface area (Å²) in [5.41, 5.74) is -3.90. The molecule has 188 valence electrons. The molecule has 5 heterocycles. The van der Waals surface area contributed by atoms with E-state index in [0.29, 0.717) is 12.8 Å². The van der Waals surface area contributed by atoms with Gasteiger partial charge in [0.1, 0.15) is 24.4 Å². The van der Waals surface area contributed by atoms with E-state index >= 15 is 0 Å². The molecule has 35 heavy (non-hydrogen) atoms. The summed E-state index contributed by atoms with van der Waals surface area (Å²) in [5.74, 6) is -2.09. The molecule has 2 spiro atoms. The number of aliphatic hydroxyl groups is 1. The standard InChI is InChI=1S/C26H30O9/c1-22(2)17-16(28)18(29)24(4)13(25(17)11-32-15(27)9-14(25)34-22)5-7-23(3)19(12-6-8-31-10-12)33-21(30)20-26(23,24)35-20/h6,8,10,13-14,17-20,29H,5,7,9,11H2,1-4H3/t13?,14?,17?,18-,19?,20-,23?,24-,25?,26+/m0/s1. The molecule has 2 aliphatic carbocycles. The Kier molecular flexibility index (Phi) is 3.88. The number of ketones is 1. The molecule has 6 fully saturated rings. The maximum Gasteiger partial charge on any atom is 0.339 e. The van der Waals surface area contributed by atoms with Crippen LogP contribution in [0.5, 0.6) is 0 Å². The summed E-state index contributed by atoms with van der Waals surface area (Å²) in [6.45, 7) is 7.66. The molecule has 6 aliphatic rings. The number of hydrogen-bond donors (Lipinski definition) is 1. The van der Waals surface area contributed by atoms with Gasteiger partial charge in [-0.2, -0.15) is 0 Å². The minimum atomic E-state index is -1.37. The van der Waals surface area contributed by atoms with Gasteiger partial charge in [0.25, 0.3) is 0 Å². The van der Waals surface area contributed by atoms with E-state index in [4.69, 9.17) is 23.4 Å². The Morgan fingerprint density at radius 2 is 1.83 bits per heavy atom. The van der Waals surface area contributed by atoms with Crippen molar-refractivity contribution in [2.24, 2.45) is 28.1 Å². The molecule has 6 unspecified atom stereocenters. The van der Waals surface area contributed by atoms with Crippen molar-refractivity contribution >= 4 is 17.7 Å². The van der Waals surface area contributed by atoms with E-state index in [0.717, 1.165) is 5.56 Å². The molecule has 0 aromatic carbocycles. The minimum absolute atomic E-state index is 0.0520. The summed E-state index contributed by atoms with van der Waals surface area (Å²) in [6, 6.07) is 1.77. The van der Waals surface area contributed by atoms with Crippen LogP contribution in [0.25, 0.3) is 0 Å². The second-order valence-corrected chi connectivity index (χ2v) is 12.3. The molecule has 0 bridgehead atoms. The molecule has 9 nitrogen and oxygen atoms in total. The van der Waals surface area contributed by atoms with Gasteiger partial charge >= 0.3 is 11.9 Å². The topological polar surface area (TPSA) is 125 Å². The Balaban J connectivity index is 1.43. The molecule has 1 aromatic rings. The fourth-order valence-corrected chi connectivity index (χ4v) is 9.52. The summed E-state index contributed by atoms with van der Waals surface area (Å²) in [6.07, 6.45) is 1.02. The summed E-state index contributed by atoms with van der Waals surface area (Å²) in [7, 11) is 0. The number of fused-ring (bicyclic) bond motifs is 1. The van der Waals surface area contributed by atoms with Crippen molar-refractivity contribution < 1.29 is 42.9 Å². The second kappa shape index (κ2) is 6.18. The summed E-state index contributed by atoms with van der Waals surface area (Å²) >= 11 is 0. The molecule has 1 aromatic heterocycles. The molecular formula is C26H30O9. The van der Waals surface area contributed by atoms with E-state index in [1.165, 1.54) is 6.26 Å². The van der Waals surface area contributed by atoms with Crippen LogP contribution in [0.2, 0.25) is 0 Å². The van der Waals surface area contributed by atoms with Gasteiger partial charge in [0.05, 0.1) is 36.6 Å². The first-order chi connectivity index (χ1) is 16.4. The second-order valence-electron chi connectivity index (χ2n) is 12.3. The van der Waals surface area contributed by atoms with E-state index in [1.54, 1.807) is 12.3 Å². The molecule has 10 atom stereocenters. The average molecular weight is 487 g/mol. The van der Waals surface area contributed by atoms with Crippen molar-refractivity contribution in [3.05, 3.63) is 24.2 Å². The maximum atomic E-state index is 14.1. The maximum absolute atomic E-state index is 14.1. The molecule has 9 heteroatoms. The Labute approximate surface area is 202 Å². The number of aliphatic hydroxyl groups excluding tert-OH is 1. The highest BCUT2D eigenvalue weighted by Gasteiger charge is 2.90. The van der Waals surface area contributed by atoms with Gasteiger partial charge < -0.3 is 28.5 Å². The van der Waals surface area contributed by atoms with E-state index in [-0.39, 0.29) is 30.7 Å². The summed E-state index contributed by atoms with van der Waals surface area (Å²) in [4.78, 5) is 39.6. The number of Topliss-reactive ketones (excluding diaryl/α,β-unsaturated/α-hetero) is 1. The molecule has 4 saturated heterocycles. The number of carbonyl (C=O) groups is 3. The van der Waals surface area contributed by atoms with Crippen molar-refractivity contribution in [3.63, 3.8) is 0 Å². The summed E-state index contributed by atoms with van der Waals surface area (Å²) in [5, 5.41) is 11.8. The van der Waals surface area contributed by atoms with E-state index in [1.807, 2.05) is 27.7 Å². The summed E-state index contributed by atoms with van der Waals surface area (Å²) < 4.78 is 29.6.